The van der Waals surface area contributed by atoms with Crippen LogP contribution in [-0.2, 0) is 10.8 Å². The first-order valence-electron chi connectivity index (χ1n) is 43.3. The summed E-state index contributed by atoms with van der Waals surface area (Å²) in [5, 5.41) is 6.39. The molecule has 6 heterocycles. The molecule has 1 atom stereocenters. The maximum Gasteiger partial charge on any atom is 0.164 e. The number of hydrogen-bond donors (Lipinski definition) is 0. The molecule has 22 aromatic rings. The van der Waals surface area contributed by atoms with Crippen molar-refractivity contribution in [2.24, 2.45) is 0 Å². The van der Waals surface area contributed by atoms with Crippen LogP contribution in [0.2, 0.25) is 0 Å². The predicted molar refractivity (Wildman–Crippen MR) is 513 cm³/mol. The molecular weight excluding hydrogens is 1560 g/mol. The number of fused-ring (bicyclic) bond motifs is 26. The van der Waals surface area contributed by atoms with E-state index in [4.69, 9.17) is 49.3 Å². The van der Waals surface area contributed by atoms with E-state index in [9.17, 15) is 0 Å². The van der Waals surface area contributed by atoms with E-state index >= 15 is 0 Å². The van der Waals surface area contributed by atoms with E-state index in [1.54, 1.807) is 0 Å². The zero-order chi connectivity index (χ0) is 84.1. The molecule has 4 aliphatic rings. The maximum atomic E-state index is 7.60. The summed E-state index contributed by atoms with van der Waals surface area (Å²) in [7, 11) is 0. The Morgan fingerprint density at radius 2 is 0.492 bits per heavy atom. The smallest absolute Gasteiger partial charge is 0.164 e. The summed E-state index contributed by atoms with van der Waals surface area (Å²) in [6.07, 6.45) is 0. The fourth-order valence-corrected chi connectivity index (χ4v) is 20.9. The highest BCUT2D eigenvalue weighted by Gasteiger charge is 2.54. The van der Waals surface area contributed by atoms with Crippen molar-refractivity contribution in [1.82, 2.24) is 39.9 Å². The number of pyridine rings is 2. The maximum absolute atomic E-state index is 7.60. The molecule has 0 amide bonds. The van der Waals surface area contributed by atoms with Gasteiger partial charge in [0.15, 0.2) is 34.9 Å². The van der Waals surface area contributed by atoms with Crippen LogP contribution in [0, 0.1) is 0 Å². The Hall–Kier alpha value is -17.1. The number of para-hydroxylation sites is 5. The van der Waals surface area contributed by atoms with E-state index < -0.39 is 10.8 Å². The molecule has 26 rings (SSSR count). The number of aromatic nitrogens is 8. The summed E-state index contributed by atoms with van der Waals surface area (Å²) in [4.78, 5) is 42.7. The lowest BCUT2D eigenvalue weighted by atomic mass is 9.65. The van der Waals surface area contributed by atoms with Gasteiger partial charge in [0.25, 0.3) is 0 Å². The van der Waals surface area contributed by atoms with Crippen molar-refractivity contribution >= 4 is 43.4 Å². The molecule has 0 N–H and O–H groups in total. The molecule has 2 spiro atoms. The Labute approximate surface area is 737 Å². The van der Waals surface area contributed by atoms with E-state index in [2.05, 4.69) is 364 Å². The molecular formula is C118H70N8O2. The Morgan fingerprint density at radius 3 is 1.00 bits per heavy atom. The first-order valence-corrected chi connectivity index (χ1v) is 43.3. The Kier molecular flexibility index (Phi) is 16.3. The molecule has 0 bridgehead atoms. The van der Waals surface area contributed by atoms with Gasteiger partial charge in [-0.3, -0.25) is 0 Å². The third-order valence-corrected chi connectivity index (χ3v) is 26.5. The van der Waals surface area contributed by atoms with Crippen molar-refractivity contribution in [3.8, 4) is 169 Å². The Balaban J connectivity index is 0.640. The predicted octanol–water partition coefficient (Wildman–Crippen LogP) is 28.7. The highest BCUT2D eigenvalue weighted by molar-refractivity contribution is 6.22. The highest BCUT2D eigenvalue weighted by Crippen LogP contribution is 2.67. The van der Waals surface area contributed by atoms with Crippen LogP contribution in [0.1, 0.15) is 44.5 Å². The number of nitrogens with zero attached hydrogens (tertiary/aromatic N) is 8. The summed E-state index contributed by atoms with van der Waals surface area (Å²) >= 11 is 0. The molecule has 10 nitrogen and oxygen atoms in total. The van der Waals surface area contributed by atoms with Gasteiger partial charge < -0.3 is 9.47 Å². The zero-order valence-electron chi connectivity index (χ0n) is 68.8. The number of rotatable bonds is 11. The molecule has 0 radical (unpaired) electrons. The quantitative estimate of drug-likeness (QED) is 0.116. The lowest BCUT2D eigenvalue weighted by Crippen LogP contribution is -2.32. The normalized spacial score (nSPS) is 13.8. The number of ether oxygens (including phenoxy) is 2. The summed E-state index contributed by atoms with van der Waals surface area (Å²) in [6.45, 7) is 0. The zero-order valence-corrected chi connectivity index (χ0v) is 68.8. The minimum atomic E-state index is -0.853. The van der Waals surface area contributed by atoms with Crippen LogP contribution < -0.4 is 9.47 Å². The largest absolute Gasteiger partial charge is 0.457 e. The van der Waals surface area contributed by atoms with Gasteiger partial charge in [-0.25, -0.2) is 39.9 Å². The summed E-state index contributed by atoms with van der Waals surface area (Å²) in [6, 6.07) is 151. The second-order valence-electron chi connectivity index (χ2n) is 33.3. The molecule has 2 aliphatic carbocycles. The molecule has 0 saturated heterocycles. The van der Waals surface area contributed by atoms with Crippen LogP contribution in [0.4, 0.5) is 0 Å². The van der Waals surface area contributed by atoms with Crippen LogP contribution in [0.5, 0.6) is 23.0 Å². The van der Waals surface area contributed by atoms with E-state index in [0.717, 1.165) is 206 Å². The van der Waals surface area contributed by atoms with Crippen molar-refractivity contribution in [2.45, 2.75) is 10.8 Å². The second kappa shape index (κ2) is 28.8. The standard InChI is InChI=1S/C118H70N8O2/c1-5-27-71(28-6-1)73-51-57-78(58-52-73)113-121-111(76-31-9-3-10-32-76)122-114(124-113)79-59-53-74(54-60-79)108-89-66-68-97-107(104(89)87-39-15-21-47-99(87)119-108)86-38-14-17-42-92(86)118(97)95-45-20-24-50-103(95)128-110-84(40-26-46-98(110)118)82-63-64-88-100(70-82)120-109(90-65-67-96-106(105(88)90)85-37-13-16-41-91(85)117(96)93-43-18-22-48-101(93)127-102-49-23-19-44-94(102)117)75-55-61-80(62-56-75)115-123-112(77-33-11-4-12-34-77)125-116(126-115)83-36-25-35-81(69-83)72-29-7-2-8-30-72/h1-70H. The van der Waals surface area contributed by atoms with Gasteiger partial charge in [-0.1, -0.05) is 388 Å². The van der Waals surface area contributed by atoms with Gasteiger partial charge in [-0.2, -0.15) is 0 Å². The van der Waals surface area contributed by atoms with Gasteiger partial charge in [0.1, 0.15) is 23.0 Å². The molecule has 0 fully saturated rings. The summed E-state index contributed by atoms with van der Waals surface area (Å²) in [5.41, 5.74) is 29.1. The first-order chi connectivity index (χ1) is 63.4. The van der Waals surface area contributed by atoms with E-state index in [1.807, 2.05) is 60.7 Å². The second-order valence-corrected chi connectivity index (χ2v) is 33.3. The molecule has 1 unspecified atom stereocenters. The van der Waals surface area contributed by atoms with Crippen molar-refractivity contribution in [1.29, 1.82) is 0 Å². The van der Waals surface area contributed by atoms with Crippen LogP contribution >= 0.6 is 0 Å². The molecule has 4 aromatic heterocycles. The fraction of sp³-hybridized carbons (Fsp3) is 0.0169. The summed E-state index contributed by atoms with van der Waals surface area (Å²) in [5.74, 6) is 6.74. The van der Waals surface area contributed by atoms with Crippen LogP contribution in [0.3, 0.4) is 0 Å². The van der Waals surface area contributed by atoms with Crippen LogP contribution in [0.15, 0.2) is 425 Å². The Bertz CT molecular complexity index is 8310. The third-order valence-electron chi connectivity index (χ3n) is 26.5. The van der Waals surface area contributed by atoms with E-state index in [-0.39, 0.29) is 0 Å². The van der Waals surface area contributed by atoms with Crippen LogP contribution in [0.25, 0.3) is 190 Å². The third kappa shape index (κ3) is 11.1. The fourth-order valence-electron chi connectivity index (χ4n) is 20.9. The monoisotopic (exact) mass is 1630 g/mol. The van der Waals surface area contributed by atoms with Crippen molar-refractivity contribution in [3.05, 3.63) is 469 Å². The molecule has 0 saturated carbocycles. The highest BCUT2D eigenvalue weighted by atomic mass is 16.5. The van der Waals surface area contributed by atoms with E-state index in [0.29, 0.717) is 34.9 Å². The van der Waals surface area contributed by atoms with Crippen molar-refractivity contribution in [2.75, 3.05) is 0 Å². The Morgan fingerprint density at radius 1 is 0.172 bits per heavy atom. The number of hydrogen-bond acceptors (Lipinski definition) is 10. The molecule has 2 aliphatic heterocycles. The van der Waals surface area contributed by atoms with Gasteiger partial charge in [-0.05, 0) is 109 Å². The molecule has 10 heteroatoms. The minimum Gasteiger partial charge on any atom is -0.457 e. The van der Waals surface area contributed by atoms with Gasteiger partial charge in [-0.15, -0.1) is 0 Å². The van der Waals surface area contributed by atoms with Gasteiger partial charge in [0.05, 0.1) is 33.3 Å². The average molecular weight is 1630 g/mol. The van der Waals surface area contributed by atoms with Gasteiger partial charge in [0, 0.05) is 105 Å². The average Bonchev–Trinajstić information content (AvgIpc) is 1.50. The van der Waals surface area contributed by atoms with Gasteiger partial charge >= 0.3 is 0 Å². The topological polar surface area (TPSA) is 122 Å². The molecule has 594 valence electrons. The molecule has 18 aromatic carbocycles. The summed E-state index contributed by atoms with van der Waals surface area (Å²) < 4.78 is 14.5. The van der Waals surface area contributed by atoms with Crippen LogP contribution in [-0.4, -0.2) is 39.9 Å². The minimum absolute atomic E-state index is 0.561. The van der Waals surface area contributed by atoms with Gasteiger partial charge in [0.2, 0.25) is 0 Å². The van der Waals surface area contributed by atoms with Crippen molar-refractivity contribution in [3.63, 3.8) is 0 Å². The number of benzene rings is 18. The van der Waals surface area contributed by atoms with E-state index in [1.165, 1.54) is 16.7 Å². The van der Waals surface area contributed by atoms with Crippen molar-refractivity contribution < 1.29 is 9.47 Å². The lowest BCUT2D eigenvalue weighted by molar-refractivity contribution is 0.436. The first kappa shape index (κ1) is 72.5. The SMILES string of the molecule is c1ccc(-c2ccc(-c3nc(-c4ccccc4)nc(-c4ccc(-c5nc6ccccc6c6c7c(ccc56)C5(c6ccccc6Oc6c(-c8ccc9c(c8)nc(-c8ccc(-c%10nc(-c%11ccccc%11)nc(-c%11cccc(-c%12ccccc%12)c%11)n%10)cc8)c8ccc%10c(c89)-c8ccccc8C%108c9ccccc9Oc9ccccc98)cccc65)c5ccccc5-7)cc4)n3)cc2)cc1. The lowest BCUT2D eigenvalue weighted by Gasteiger charge is -2.40. The molecule has 128 heavy (non-hydrogen) atoms.